The van der Waals surface area contributed by atoms with Crippen molar-refractivity contribution in [1.29, 1.82) is 0 Å². The highest BCUT2D eigenvalue weighted by molar-refractivity contribution is 14.0. The van der Waals surface area contributed by atoms with E-state index >= 15 is 0 Å². The Balaban J connectivity index is 0.00000441. The van der Waals surface area contributed by atoms with Crippen LogP contribution in [-0.4, -0.2) is 24.0 Å². The van der Waals surface area contributed by atoms with E-state index in [0.29, 0.717) is 18.9 Å². The fourth-order valence-corrected chi connectivity index (χ4v) is 2.16. The van der Waals surface area contributed by atoms with Gasteiger partial charge < -0.3 is 16.4 Å². The lowest BCUT2D eigenvalue weighted by molar-refractivity contribution is -0.116. The maximum absolute atomic E-state index is 11.9. The molecule has 0 bridgehead atoms. The monoisotopic (exact) mass is 482 g/mol. The Hall–Kier alpha value is -0.830. The molecule has 0 atom stereocenters. The standard InChI is InChI=1S/C15H23BrN4O.HI/c1-10-9-11(16)5-6-12(10)19-13(21)7-8-18-14(17)20-15(2,3)4;/h5-6,9H,7-8H2,1-4H3,(H,19,21)(H3,17,18,20);1H. The fourth-order valence-electron chi connectivity index (χ4n) is 1.68. The summed E-state index contributed by atoms with van der Waals surface area (Å²) in [6.07, 6.45) is 0.294. The highest BCUT2D eigenvalue weighted by Gasteiger charge is 2.10. The van der Waals surface area contributed by atoms with Crippen molar-refractivity contribution < 1.29 is 4.79 Å². The molecule has 0 radical (unpaired) electrons. The smallest absolute Gasteiger partial charge is 0.226 e. The molecule has 1 rings (SSSR count). The number of benzene rings is 1. The highest BCUT2D eigenvalue weighted by atomic mass is 127. The number of amides is 1. The zero-order valence-corrected chi connectivity index (χ0v) is 17.3. The van der Waals surface area contributed by atoms with E-state index in [1.807, 2.05) is 45.9 Å². The minimum absolute atomic E-state index is 0. The van der Waals surface area contributed by atoms with Gasteiger partial charge in [0.25, 0.3) is 0 Å². The molecule has 124 valence electrons. The molecular weight excluding hydrogens is 459 g/mol. The molecule has 0 heterocycles. The summed E-state index contributed by atoms with van der Waals surface area (Å²) in [5.41, 5.74) is 7.43. The van der Waals surface area contributed by atoms with Gasteiger partial charge >= 0.3 is 0 Å². The summed E-state index contributed by atoms with van der Waals surface area (Å²) < 4.78 is 0.989. The third-order valence-electron chi connectivity index (χ3n) is 2.59. The van der Waals surface area contributed by atoms with E-state index in [9.17, 15) is 4.79 Å². The number of aliphatic imine (C=N–C) groups is 1. The van der Waals surface area contributed by atoms with E-state index in [2.05, 4.69) is 31.6 Å². The van der Waals surface area contributed by atoms with Crippen LogP contribution in [0.25, 0.3) is 0 Å². The first-order valence-electron chi connectivity index (χ1n) is 6.81. The molecule has 5 nitrogen and oxygen atoms in total. The number of nitrogens with zero attached hydrogens (tertiary/aromatic N) is 1. The molecule has 1 aromatic carbocycles. The van der Waals surface area contributed by atoms with Gasteiger partial charge in [0, 0.05) is 22.1 Å². The van der Waals surface area contributed by atoms with Crippen LogP contribution in [0.5, 0.6) is 0 Å². The second-order valence-electron chi connectivity index (χ2n) is 5.90. The number of nitrogens with two attached hydrogens (primary N) is 1. The molecule has 0 saturated carbocycles. The Bertz CT molecular complexity index is 541. The van der Waals surface area contributed by atoms with Gasteiger partial charge in [0.05, 0.1) is 6.54 Å². The van der Waals surface area contributed by atoms with Gasteiger partial charge in [-0.05, 0) is 51.5 Å². The molecule has 0 fully saturated rings. The van der Waals surface area contributed by atoms with E-state index in [4.69, 9.17) is 5.73 Å². The second kappa shape index (κ2) is 9.34. The van der Waals surface area contributed by atoms with Gasteiger partial charge in [0.1, 0.15) is 0 Å². The number of guanidine groups is 1. The third-order valence-corrected chi connectivity index (χ3v) is 3.08. The van der Waals surface area contributed by atoms with Crippen molar-refractivity contribution in [3.8, 4) is 0 Å². The van der Waals surface area contributed by atoms with Crippen LogP contribution < -0.4 is 16.4 Å². The maximum Gasteiger partial charge on any atom is 0.226 e. The number of hydrogen-bond donors (Lipinski definition) is 3. The van der Waals surface area contributed by atoms with Crippen molar-refractivity contribution in [3.05, 3.63) is 28.2 Å². The summed E-state index contributed by atoms with van der Waals surface area (Å²) >= 11 is 3.39. The highest BCUT2D eigenvalue weighted by Crippen LogP contribution is 2.20. The largest absolute Gasteiger partial charge is 0.370 e. The van der Waals surface area contributed by atoms with Gasteiger partial charge in [-0.15, -0.1) is 24.0 Å². The molecule has 22 heavy (non-hydrogen) atoms. The van der Waals surface area contributed by atoms with Crippen LogP contribution in [0.4, 0.5) is 5.69 Å². The minimum atomic E-state index is -0.135. The fraction of sp³-hybridized carbons (Fsp3) is 0.467. The number of carbonyl (C=O) groups is 1. The minimum Gasteiger partial charge on any atom is -0.370 e. The molecule has 0 saturated heterocycles. The quantitative estimate of drug-likeness (QED) is 0.349. The first-order chi connectivity index (χ1) is 9.67. The van der Waals surface area contributed by atoms with Crippen LogP contribution in [-0.2, 0) is 4.79 Å². The van der Waals surface area contributed by atoms with Gasteiger partial charge in [-0.3, -0.25) is 9.79 Å². The molecule has 7 heteroatoms. The first-order valence-corrected chi connectivity index (χ1v) is 7.61. The summed E-state index contributed by atoms with van der Waals surface area (Å²) in [4.78, 5) is 16.0. The van der Waals surface area contributed by atoms with Crippen LogP contribution in [0.2, 0.25) is 0 Å². The number of hydrogen-bond acceptors (Lipinski definition) is 2. The van der Waals surface area contributed by atoms with E-state index in [1.54, 1.807) is 0 Å². The molecule has 1 aromatic rings. The average Bonchev–Trinajstić information content (AvgIpc) is 2.30. The van der Waals surface area contributed by atoms with Crippen molar-refractivity contribution in [3.63, 3.8) is 0 Å². The number of anilines is 1. The average molecular weight is 483 g/mol. The van der Waals surface area contributed by atoms with Crippen LogP contribution in [0, 0.1) is 6.92 Å². The first kappa shape index (κ1) is 21.2. The van der Waals surface area contributed by atoms with Crippen molar-refractivity contribution in [2.24, 2.45) is 10.7 Å². The molecule has 0 aromatic heterocycles. The Morgan fingerprint density at radius 2 is 2.00 bits per heavy atom. The number of aryl methyl sites for hydroxylation is 1. The van der Waals surface area contributed by atoms with Crippen molar-refractivity contribution in [2.45, 2.75) is 39.7 Å². The molecule has 0 spiro atoms. The predicted octanol–water partition coefficient (Wildman–Crippen LogP) is 3.41. The van der Waals surface area contributed by atoms with Crippen LogP contribution in [0.15, 0.2) is 27.7 Å². The lowest BCUT2D eigenvalue weighted by Crippen LogP contribution is -2.45. The van der Waals surface area contributed by atoms with E-state index < -0.39 is 0 Å². The Kier molecular flexibility index (Phi) is 8.99. The summed E-state index contributed by atoms with van der Waals surface area (Å²) in [5.74, 6) is 0.280. The van der Waals surface area contributed by atoms with Crippen LogP contribution >= 0.6 is 39.9 Å². The van der Waals surface area contributed by atoms with Crippen molar-refractivity contribution >= 4 is 57.5 Å². The zero-order valence-electron chi connectivity index (χ0n) is 13.4. The molecule has 4 N–H and O–H groups in total. The molecule has 1 amide bonds. The van der Waals surface area contributed by atoms with Gasteiger partial charge in [0.2, 0.25) is 5.91 Å². The number of nitrogens with one attached hydrogen (secondary N) is 2. The predicted molar refractivity (Wildman–Crippen MR) is 107 cm³/mol. The number of carbonyl (C=O) groups excluding carboxylic acids is 1. The maximum atomic E-state index is 11.9. The zero-order chi connectivity index (χ0) is 16.0. The summed E-state index contributed by atoms with van der Waals surface area (Å²) in [5, 5.41) is 5.92. The summed E-state index contributed by atoms with van der Waals surface area (Å²) in [6.45, 7) is 8.30. The molecule has 0 unspecified atom stereocenters. The molecule has 0 aliphatic heterocycles. The number of rotatable bonds is 4. The Morgan fingerprint density at radius 3 is 2.55 bits per heavy atom. The molecular formula is C15H24BrIN4O. The SMILES string of the molecule is Cc1cc(Br)ccc1NC(=O)CCN=C(N)NC(C)(C)C.I. The lowest BCUT2D eigenvalue weighted by Gasteiger charge is -2.20. The topological polar surface area (TPSA) is 79.5 Å². The third kappa shape index (κ3) is 8.57. The molecule has 0 aliphatic carbocycles. The van der Waals surface area contributed by atoms with Crippen molar-refractivity contribution in [1.82, 2.24) is 5.32 Å². The van der Waals surface area contributed by atoms with Crippen LogP contribution in [0.1, 0.15) is 32.8 Å². The van der Waals surface area contributed by atoms with Gasteiger partial charge in [-0.2, -0.15) is 0 Å². The normalized spacial score (nSPS) is 11.6. The molecule has 0 aliphatic rings. The van der Waals surface area contributed by atoms with Gasteiger partial charge in [0.15, 0.2) is 5.96 Å². The second-order valence-corrected chi connectivity index (χ2v) is 6.82. The summed E-state index contributed by atoms with van der Waals surface area (Å²) in [7, 11) is 0. The van der Waals surface area contributed by atoms with Gasteiger partial charge in [-0.25, -0.2) is 0 Å². The Morgan fingerprint density at radius 1 is 1.36 bits per heavy atom. The Labute approximate surface area is 157 Å². The van der Waals surface area contributed by atoms with Crippen molar-refractivity contribution in [2.75, 3.05) is 11.9 Å². The van der Waals surface area contributed by atoms with Gasteiger partial charge in [-0.1, -0.05) is 15.9 Å². The van der Waals surface area contributed by atoms with E-state index in [0.717, 1.165) is 15.7 Å². The number of halogens is 2. The van der Waals surface area contributed by atoms with Crippen LogP contribution in [0.3, 0.4) is 0 Å². The van der Waals surface area contributed by atoms with E-state index in [1.165, 1.54) is 0 Å². The lowest BCUT2D eigenvalue weighted by atomic mass is 10.1. The summed E-state index contributed by atoms with van der Waals surface area (Å²) in [6, 6.07) is 5.72. The van der Waals surface area contributed by atoms with E-state index in [-0.39, 0.29) is 35.4 Å².